The van der Waals surface area contributed by atoms with Gasteiger partial charge >= 0.3 is 0 Å². The molecular formula is C19H32. The Hall–Kier alpha value is -1.04. The van der Waals surface area contributed by atoms with Gasteiger partial charge in [0.15, 0.2) is 0 Å². The van der Waals surface area contributed by atoms with Crippen molar-refractivity contribution in [3.05, 3.63) is 47.1 Å². The fourth-order valence-electron chi connectivity index (χ4n) is 1.90. The Morgan fingerprint density at radius 2 is 1.11 bits per heavy atom. The van der Waals surface area contributed by atoms with Gasteiger partial charge in [-0.15, -0.1) is 6.58 Å². The Morgan fingerprint density at radius 1 is 0.684 bits per heavy atom. The summed E-state index contributed by atoms with van der Waals surface area (Å²) in [5, 5.41) is 0. The maximum atomic E-state index is 3.93. The summed E-state index contributed by atoms with van der Waals surface area (Å²) in [5.41, 5.74) is 5.73. The Labute approximate surface area is 121 Å². The second kappa shape index (κ2) is 10.8. The van der Waals surface area contributed by atoms with Crippen LogP contribution in [0.5, 0.6) is 0 Å². The van der Waals surface area contributed by atoms with Crippen LogP contribution in [-0.4, -0.2) is 0 Å². The molecule has 0 saturated heterocycles. The SMILES string of the molecule is C=C(C)CCC=C(C)CCC=C(C)CCC=C(C)C. The molecule has 0 aromatic carbocycles. The first-order valence-electron chi connectivity index (χ1n) is 7.50. The highest BCUT2D eigenvalue weighted by Crippen LogP contribution is 2.12. The third-order valence-corrected chi connectivity index (χ3v) is 3.19. The molecule has 0 aliphatic carbocycles. The summed E-state index contributed by atoms with van der Waals surface area (Å²) >= 11 is 0. The maximum absolute atomic E-state index is 3.93. The van der Waals surface area contributed by atoms with Gasteiger partial charge in [0, 0.05) is 0 Å². The average Bonchev–Trinajstić information content (AvgIpc) is 2.27. The molecule has 0 amide bonds. The first-order valence-corrected chi connectivity index (χ1v) is 7.50. The number of allylic oxidation sites excluding steroid dienone is 7. The van der Waals surface area contributed by atoms with Crippen LogP contribution in [0.15, 0.2) is 47.1 Å². The minimum atomic E-state index is 1.12. The third kappa shape index (κ3) is 13.2. The van der Waals surface area contributed by atoms with E-state index >= 15 is 0 Å². The fraction of sp³-hybridized carbons (Fsp3) is 0.579. The van der Waals surface area contributed by atoms with E-state index in [9.17, 15) is 0 Å². The molecule has 0 heteroatoms. The van der Waals surface area contributed by atoms with Crippen molar-refractivity contribution in [2.45, 2.75) is 73.1 Å². The monoisotopic (exact) mass is 260 g/mol. The van der Waals surface area contributed by atoms with Crippen LogP contribution in [0.4, 0.5) is 0 Å². The van der Waals surface area contributed by atoms with Gasteiger partial charge < -0.3 is 0 Å². The predicted octanol–water partition coefficient (Wildman–Crippen LogP) is 6.76. The molecule has 19 heavy (non-hydrogen) atoms. The quantitative estimate of drug-likeness (QED) is 0.402. The minimum Gasteiger partial charge on any atom is -0.100 e. The summed E-state index contributed by atoms with van der Waals surface area (Å²) in [6.45, 7) is 14.9. The van der Waals surface area contributed by atoms with Crippen LogP contribution < -0.4 is 0 Å². The molecule has 0 saturated carbocycles. The van der Waals surface area contributed by atoms with Gasteiger partial charge in [0.1, 0.15) is 0 Å². The highest BCUT2D eigenvalue weighted by Gasteiger charge is 1.92. The Morgan fingerprint density at radius 3 is 1.53 bits per heavy atom. The fourth-order valence-corrected chi connectivity index (χ4v) is 1.90. The van der Waals surface area contributed by atoms with E-state index in [4.69, 9.17) is 0 Å². The van der Waals surface area contributed by atoms with E-state index < -0.39 is 0 Å². The zero-order chi connectivity index (χ0) is 14.7. The van der Waals surface area contributed by atoms with Crippen LogP contribution in [-0.2, 0) is 0 Å². The second-order valence-corrected chi connectivity index (χ2v) is 5.96. The van der Waals surface area contributed by atoms with Crippen molar-refractivity contribution in [3.63, 3.8) is 0 Å². The van der Waals surface area contributed by atoms with Gasteiger partial charge in [-0.05, 0) is 73.1 Å². The lowest BCUT2D eigenvalue weighted by molar-refractivity contribution is 0.901. The molecule has 0 atom stereocenters. The molecule has 0 rings (SSSR count). The van der Waals surface area contributed by atoms with E-state index in [2.05, 4.69) is 59.4 Å². The van der Waals surface area contributed by atoms with E-state index in [0.29, 0.717) is 0 Å². The van der Waals surface area contributed by atoms with Gasteiger partial charge in [-0.2, -0.15) is 0 Å². The Bertz CT molecular complexity index is 346. The Balaban J connectivity index is 3.86. The van der Waals surface area contributed by atoms with Crippen LogP contribution in [0.25, 0.3) is 0 Å². The molecule has 0 aromatic heterocycles. The zero-order valence-electron chi connectivity index (χ0n) is 13.7. The van der Waals surface area contributed by atoms with Crippen LogP contribution in [0.1, 0.15) is 73.1 Å². The van der Waals surface area contributed by atoms with Gasteiger partial charge in [-0.3, -0.25) is 0 Å². The highest BCUT2D eigenvalue weighted by molar-refractivity contribution is 5.06. The summed E-state index contributed by atoms with van der Waals surface area (Å²) in [4.78, 5) is 0. The summed E-state index contributed by atoms with van der Waals surface area (Å²) in [6.07, 6.45) is 14.1. The van der Waals surface area contributed by atoms with Crippen molar-refractivity contribution < 1.29 is 0 Å². The van der Waals surface area contributed by atoms with E-state index in [0.717, 1.165) is 12.8 Å². The molecule has 0 spiro atoms. The summed E-state index contributed by atoms with van der Waals surface area (Å²) in [7, 11) is 0. The molecule has 0 nitrogen and oxygen atoms in total. The van der Waals surface area contributed by atoms with Crippen LogP contribution in [0.3, 0.4) is 0 Å². The minimum absolute atomic E-state index is 1.12. The number of hydrogen-bond acceptors (Lipinski definition) is 0. The smallest absolute Gasteiger partial charge is 0.0288 e. The molecule has 0 unspecified atom stereocenters. The van der Waals surface area contributed by atoms with Crippen molar-refractivity contribution in [2.24, 2.45) is 0 Å². The summed E-state index contributed by atoms with van der Waals surface area (Å²) in [5.74, 6) is 0. The third-order valence-electron chi connectivity index (χ3n) is 3.19. The van der Waals surface area contributed by atoms with Crippen molar-refractivity contribution in [3.8, 4) is 0 Å². The molecule has 108 valence electrons. The van der Waals surface area contributed by atoms with E-state index in [1.54, 1.807) is 0 Å². The number of hydrogen-bond donors (Lipinski definition) is 0. The van der Waals surface area contributed by atoms with Gasteiger partial charge in [0.25, 0.3) is 0 Å². The highest BCUT2D eigenvalue weighted by atomic mass is 14.0. The van der Waals surface area contributed by atoms with Crippen molar-refractivity contribution in [1.29, 1.82) is 0 Å². The van der Waals surface area contributed by atoms with Crippen molar-refractivity contribution >= 4 is 0 Å². The van der Waals surface area contributed by atoms with Gasteiger partial charge in [0.05, 0.1) is 0 Å². The molecule has 0 heterocycles. The topological polar surface area (TPSA) is 0 Å². The normalized spacial score (nSPS) is 12.5. The van der Waals surface area contributed by atoms with E-state index in [-0.39, 0.29) is 0 Å². The lowest BCUT2D eigenvalue weighted by atomic mass is 10.0. The van der Waals surface area contributed by atoms with Gasteiger partial charge in [0.2, 0.25) is 0 Å². The largest absolute Gasteiger partial charge is 0.100 e. The lowest BCUT2D eigenvalue weighted by Gasteiger charge is -2.02. The molecule has 0 radical (unpaired) electrons. The zero-order valence-corrected chi connectivity index (χ0v) is 13.7. The van der Waals surface area contributed by atoms with Crippen molar-refractivity contribution in [2.75, 3.05) is 0 Å². The van der Waals surface area contributed by atoms with Crippen molar-refractivity contribution in [1.82, 2.24) is 0 Å². The molecule has 0 fully saturated rings. The lowest BCUT2D eigenvalue weighted by Crippen LogP contribution is -1.81. The predicted molar refractivity (Wildman–Crippen MR) is 89.5 cm³/mol. The molecule has 0 N–H and O–H groups in total. The summed E-state index contributed by atoms with van der Waals surface area (Å²) < 4.78 is 0. The molecular weight excluding hydrogens is 228 g/mol. The van der Waals surface area contributed by atoms with Gasteiger partial charge in [-0.1, -0.05) is 40.5 Å². The first kappa shape index (κ1) is 18.0. The molecule has 0 aliphatic rings. The van der Waals surface area contributed by atoms with Crippen LogP contribution >= 0.6 is 0 Å². The molecule has 0 aliphatic heterocycles. The average molecular weight is 260 g/mol. The second-order valence-electron chi connectivity index (χ2n) is 5.96. The maximum Gasteiger partial charge on any atom is -0.0288 e. The molecule has 0 bridgehead atoms. The van der Waals surface area contributed by atoms with Crippen LogP contribution in [0, 0.1) is 0 Å². The standard InChI is InChI=1S/C19H32/c1-16(2)10-7-12-18(5)14-9-15-19(6)13-8-11-17(3)4/h11-12,15H,1,7-10,13-14H2,2-6H3. The summed E-state index contributed by atoms with van der Waals surface area (Å²) in [6, 6.07) is 0. The van der Waals surface area contributed by atoms with E-state index in [1.165, 1.54) is 48.0 Å². The molecule has 0 aromatic rings. The number of rotatable bonds is 9. The Kier molecular flexibility index (Phi) is 10.2. The first-order chi connectivity index (χ1) is 8.91. The van der Waals surface area contributed by atoms with Crippen LogP contribution in [0.2, 0.25) is 0 Å². The van der Waals surface area contributed by atoms with E-state index in [1.807, 2.05) is 0 Å². The van der Waals surface area contributed by atoms with Gasteiger partial charge in [-0.25, -0.2) is 0 Å².